The van der Waals surface area contributed by atoms with E-state index in [1.807, 2.05) is 42.5 Å². The predicted molar refractivity (Wildman–Crippen MR) is 166 cm³/mol. The molecule has 0 aliphatic carbocycles. The minimum atomic E-state index is -0.471. The Morgan fingerprint density at radius 3 is 2.67 bits per heavy atom. The molecule has 0 radical (unpaired) electrons. The van der Waals surface area contributed by atoms with Crippen LogP contribution in [0.1, 0.15) is 23.6 Å². The van der Waals surface area contributed by atoms with Crippen LogP contribution in [0.5, 0.6) is 0 Å². The van der Waals surface area contributed by atoms with Gasteiger partial charge in [-0.05, 0) is 65.1 Å². The third kappa shape index (κ3) is 4.47. The molecule has 0 fully saturated rings. The van der Waals surface area contributed by atoms with E-state index in [0.29, 0.717) is 44.8 Å². The third-order valence-corrected chi connectivity index (χ3v) is 8.62. The summed E-state index contributed by atoms with van der Waals surface area (Å²) in [5, 5.41) is 11.0. The average Bonchev–Trinajstić information content (AvgIpc) is 3.61. The number of aromatic nitrogens is 2. The van der Waals surface area contributed by atoms with Gasteiger partial charge >= 0.3 is 5.63 Å². The van der Waals surface area contributed by atoms with Crippen LogP contribution in [0.2, 0.25) is 5.15 Å². The number of para-hydroxylation sites is 1. The van der Waals surface area contributed by atoms with Crippen LogP contribution in [0, 0.1) is 9.39 Å². The van der Waals surface area contributed by atoms with Gasteiger partial charge in [0.2, 0.25) is 5.13 Å². The van der Waals surface area contributed by atoms with Crippen molar-refractivity contribution < 1.29 is 8.81 Å². The molecule has 1 aliphatic rings. The van der Waals surface area contributed by atoms with E-state index in [0.717, 1.165) is 25.4 Å². The predicted octanol–water partition coefficient (Wildman–Crippen LogP) is 8.22. The number of hydrazone groups is 1. The molecule has 0 amide bonds. The highest BCUT2D eigenvalue weighted by atomic mass is 127. The van der Waals surface area contributed by atoms with Crippen molar-refractivity contribution in [3.05, 3.63) is 120 Å². The number of nitrogens with zero attached hydrogens (tertiary/aromatic N) is 4. The van der Waals surface area contributed by atoms with E-state index in [4.69, 9.17) is 26.1 Å². The molecule has 0 saturated carbocycles. The van der Waals surface area contributed by atoms with Crippen LogP contribution >= 0.6 is 45.5 Å². The topological polar surface area (TPSA) is 71.6 Å². The minimum absolute atomic E-state index is 0.347. The number of fused-ring (bicyclic) bond motifs is 2. The average molecular weight is 679 g/mol. The first-order valence-electron chi connectivity index (χ1n) is 12.3. The Bertz CT molecular complexity index is 2040. The Hall–Kier alpha value is -3.67. The van der Waals surface area contributed by atoms with Crippen molar-refractivity contribution in [2.45, 2.75) is 12.5 Å². The third-order valence-electron chi connectivity index (χ3n) is 6.82. The molecule has 7 rings (SSSR count). The zero-order valence-corrected chi connectivity index (χ0v) is 24.2. The van der Waals surface area contributed by atoms with E-state index in [9.17, 15) is 9.18 Å². The van der Waals surface area contributed by atoms with Crippen molar-refractivity contribution in [3.8, 4) is 11.3 Å². The first-order chi connectivity index (χ1) is 19.4. The highest BCUT2D eigenvalue weighted by molar-refractivity contribution is 14.1. The summed E-state index contributed by atoms with van der Waals surface area (Å²) in [6.45, 7) is 0. The Balaban J connectivity index is 1.34. The summed E-state index contributed by atoms with van der Waals surface area (Å²) in [7, 11) is 0. The first-order valence-corrected chi connectivity index (χ1v) is 14.6. The van der Waals surface area contributed by atoms with E-state index in [1.165, 1.54) is 17.4 Å². The molecule has 0 bridgehead atoms. The fourth-order valence-electron chi connectivity index (χ4n) is 4.90. The van der Waals surface area contributed by atoms with Gasteiger partial charge in [-0.2, -0.15) is 5.10 Å². The van der Waals surface area contributed by atoms with Gasteiger partial charge in [-0.25, -0.2) is 24.2 Å². The summed E-state index contributed by atoms with van der Waals surface area (Å²) >= 11 is 10.3. The van der Waals surface area contributed by atoms with Crippen molar-refractivity contribution in [2.24, 2.45) is 5.10 Å². The van der Waals surface area contributed by atoms with Crippen molar-refractivity contribution >= 4 is 78.2 Å². The lowest BCUT2D eigenvalue weighted by Gasteiger charge is -2.22. The molecule has 40 heavy (non-hydrogen) atoms. The molecule has 4 heterocycles. The molecule has 3 aromatic heterocycles. The maximum Gasteiger partial charge on any atom is 0.345 e. The minimum Gasteiger partial charge on any atom is -0.422 e. The van der Waals surface area contributed by atoms with Crippen LogP contribution in [0.4, 0.5) is 9.52 Å². The van der Waals surface area contributed by atoms with Gasteiger partial charge in [-0.3, -0.25) is 0 Å². The Labute approximate surface area is 249 Å². The summed E-state index contributed by atoms with van der Waals surface area (Å²) in [4.78, 5) is 22.3. The van der Waals surface area contributed by atoms with Gasteiger partial charge in [-0.15, -0.1) is 11.3 Å². The Morgan fingerprint density at radius 1 is 0.975 bits per heavy atom. The summed E-state index contributed by atoms with van der Waals surface area (Å²) in [6.07, 6.45) is 0.395. The zero-order valence-electron chi connectivity index (χ0n) is 20.5. The molecule has 3 aromatic carbocycles. The van der Waals surface area contributed by atoms with Crippen LogP contribution in [0.3, 0.4) is 0 Å². The van der Waals surface area contributed by atoms with Crippen LogP contribution in [0.25, 0.3) is 33.1 Å². The number of hydrogen-bond acceptors (Lipinski definition) is 7. The molecular formula is C30H17ClFIN4O2S. The molecule has 10 heteroatoms. The standard InChI is InChI=1S/C30H17ClFIN4O2S/c31-28-21(12-16-5-1-4-8-23(16)34-28)26-14-24(19-6-2-3-7-22(19)32)36-37(26)30-35-25(15-40-30)20-13-17-11-18(33)9-10-27(17)39-29(20)38/h1-13,15,26H,14H2. The van der Waals surface area contributed by atoms with Crippen LogP contribution in [0.15, 0.2) is 98.6 Å². The van der Waals surface area contributed by atoms with Gasteiger partial charge in [0.25, 0.3) is 0 Å². The fourth-order valence-corrected chi connectivity index (χ4v) is 6.51. The van der Waals surface area contributed by atoms with Crippen LogP contribution < -0.4 is 10.6 Å². The van der Waals surface area contributed by atoms with Gasteiger partial charge in [0.05, 0.1) is 28.5 Å². The Morgan fingerprint density at radius 2 is 1.80 bits per heavy atom. The summed E-state index contributed by atoms with van der Waals surface area (Å²) < 4.78 is 21.4. The molecule has 1 unspecified atom stereocenters. The van der Waals surface area contributed by atoms with Gasteiger partial charge in [0, 0.05) is 37.3 Å². The monoisotopic (exact) mass is 678 g/mol. The van der Waals surface area contributed by atoms with Gasteiger partial charge in [0.1, 0.15) is 16.6 Å². The number of anilines is 1. The molecule has 1 aliphatic heterocycles. The molecule has 0 spiro atoms. The zero-order chi connectivity index (χ0) is 27.4. The number of halogens is 3. The second-order valence-corrected chi connectivity index (χ2v) is 11.7. The SMILES string of the molecule is O=c1oc2ccc(I)cc2cc1-c1csc(N2N=C(c3ccccc3F)CC2c2cc3ccccc3nc2Cl)n1. The molecule has 0 saturated heterocycles. The lowest BCUT2D eigenvalue weighted by molar-refractivity contribution is 0.563. The second-order valence-electron chi connectivity index (χ2n) is 9.30. The largest absolute Gasteiger partial charge is 0.422 e. The Kier molecular flexibility index (Phi) is 6.37. The smallest absolute Gasteiger partial charge is 0.345 e. The van der Waals surface area contributed by atoms with E-state index in [1.54, 1.807) is 40.7 Å². The van der Waals surface area contributed by atoms with Crippen LogP contribution in [-0.2, 0) is 0 Å². The van der Waals surface area contributed by atoms with Crippen molar-refractivity contribution in [2.75, 3.05) is 5.01 Å². The molecule has 0 N–H and O–H groups in total. The number of hydrogen-bond donors (Lipinski definition) is 0. The maximum absolute atomic E-state index is 14.8. The summed E-state index contributed by atoms with van der Waals surface area (Å²) in [5.41, 5.74) is 3.41. The van der Waals surface area contributed by atoms with Gasteiger partial charge in [-0.1, -0.05) is 48.0 Å². The molecule has 6 nitrogen and oxygen atoms in total. The van der Waals surface area contributed by atoms with Crippen molar-refractivity contribution in [1.82, 2.24) is 9.97 Å². The highest BCUT2D eigenvalue weighted by Crippen LogP contribution is 2.42. The summed E-state index contributed by atoms with van der Waals surface area (Å²) in [6, 6.07) is 23.3. The van der Waals surface area contributed by atoms with E-state index in [2.05, 4.69) is 27.6 Å². The lowest BCUT2D eigenvalue weighted by atomic mass is 9.98. The van der Waals surface area contributed by atoms with Gasteiger partial charge in [0.15, 0.2) is 0 Å². The molecule has 1 atom stereocenters. The molecule has 196 valence electrons. The number of benzene rings is 3. The van der Waals surface area contributed by atoms with Gasteiger partial charge < -0.3 is 4.42 Å². The quantitative estimate of drug-likeness (QED) is 0.107. The molecule has 6 aromatic rings. The fraction of sp³-hybridized carbons (Fsp3) is 0.0667. The highest BCUT2D eigenvalue weighted by Gasteiger charge is 2.34. The summed E-state index contributed by atoms with van der Waals surface area (Å²) in [5.74, 6) is -0.354. The van der Waals surface area contributed by atoms with E-state index < -0.39 is 5.63 Å². The van der Waals surface area contributed by atoms with Crippen molar-refractivity contribution in [1.29, 1.82) is 0 Å². The lowest BCUT2D eigenvalue weighted by Crippen LogP contribution is -2.19. The van der Waals surface area contributed by atoms with E-state index >= 15 is 0 Å². The number of rotatable bonds is 4. The molecular weight excluding hydrogens is 662 g/mol. The number of thiazole rings is 1. The normalized spacial score (nSPS) is 15.2. The van der Waals surface area contributed by atoms with E-state index in [-0.39, 0.29) is 11.9 Å². The maximum atomic E-state index is 14.8. The first kappa shape index (κ1) is 25.3. The van der Waals surface area contributed by atoms with Crippen molar-refractivity contribution in [3.63, 3.8) is 0 Å². The number of pyridine rings is 1. The van der Waals surface area contributed by atoms with Crippen LogP contribution in [-0.4, -0.2) is 15.7 Å². The second kappa shape index (κ2) is 10.1.